The number of piperazine rings is 1. The topological polar surface area (TPSA) is 53.4 Å². The predicted molar refractivity (Wildman–Crippen MR) is 87.7 cm³/mol. The lowest BCUT2D eigenvalue weighted by molar-refractivity contribution is -0.135. The molecule has 6 nitrogen and oxygen atoms in total. The molecule has 2 atom stereocenters. The molecule has 6 heteroatoms. The molecule has 22 heavy (non-hydrogen) atoms. The third-order valence-electron chi connectivity index (χ3n) is 4.26. The molecule has 1 fully saturated rings. The summed E-state index contributed by atoms with van der Waals surface area (Å²) in [7, 11) is 0. The molecule has 0 unspecified atom stereocenters. The van der Waals surface area contributed by atoms with Crippen molar-refractivity contribution in [2.75, 3.05) is 32.7 Å². The highest BCUT2D eigenvalue weighted by Gasteiger charge is 2.25. The summed E-state index contributed by atoms with van der Waals surface area (Å²) in [5.41, 5.74) is 1.16. The van der Waals surface area contributed by atoms with Crippen molar-refractivity contribution >= 4 is 5.91 Å². The summed E-state index contributed by atoms with van der Waals surface area (Å²) in [6.07, 6.45) is 3.88. The standard InChI is InChI=1S/C16H29N5O/c1-5-19-6-8-20(9-7-19)16(22)15(4)18-14(3)12-21-11-13(2)10-17-21/h10-11,14-15,18H,5-9,12H2,1-4H3/t14-,15-/m1/s1. The molecule has 0 bridgehead atoms. The second kappa shape index (κ2) is 7.74. The van der Waals surface area contributed by atoms with Crippen molar-refractivity contribution in [1.29, 1.82) is 0 Å². The number of hydrogen-bond donors (Lipinski definition) is 1. The van der Waals surface area contributed by atoms with Gasteiger partial charge in [0.25, 0.3) is 0 Å². The van der Waals surface area contributed by atoms with Crippen molar-refractivity contribution in [3.05, 3.63) is 18.0 Å². The van der Waals surface area contributed by atoms with Gasteiger partial charge < -0.3 is 15.1 Å². The van der Waals surface area contributed by atoms with Gasteiger partial charge in [-0.1, -0.05) is 6.92 Å². The summed E-state index contributed by atoms with van der Waals surface area (Å²) in [6.45, 7) is 13.7. The summed E-state index contributed by atoms with van der Waals surface area (Å²) in [5.74, 6) is 0.208. The van der Waals surface area contributed by atoms with Gasteiger partial charge in [-0.3, -0.25) is 9.48 Å². The van der Waals surface area contributed by atoms with E-state index in [2.05, 4.69) is 29.2 Å². The van der Waals surface area contributed by atoms with E-state index in [1.165, 1.54) is 0 Å². The molecule has 2 rings (SSSR count). The normalized spacial score (nSPS) is 19.2. The average molecular weight is 307 g/mol. The number of amides is 1. The maximum absolute atomic E-state index is 12.5. The molecule has 0 aliphatic carbocycles. The summed E-state index contributed by atoms with van der Waals surface area (Å²) >= 11 is 0. The van der Waals surface area contributed by atoms with Gasteiger partial charge in [-0.2, -0.15) is 5.10 Å². The van der Waals surface area contributed by atoms with Crippen LogP contribution in [0.2, 0.25) is 0 Å². The summed E-state index contributed by atoms with van der Waals surface area (Å²) in [6, 6.07) is 0.0509. The molecule has 1 aromatic heterocycles. The Morgan fingerprint density at radius 1 is 1.32 bits per heavy atom. The number of likely N-dealkylation sites (N-methyl/N-ethyl adjacent to an activating group) is 1. The Bertz CT molecular complexity index is 479. The maximum atomic E-state index is 12.5. The van der Waals surface area contributed by atoms with Crippen molar-refractivity contribution in [2.45, 2.75) is 46.3 Å². The molecule has 1 aromatic rings. The zero-order valence-electron chi connectivity index (χ0n) is 14.2. The van der Waals surface area contributed by atoms with Gasteiger partial charge in [0.2, 0.25) is 5.91 Å². The number of aromatic nitrogens is 2. The molecule has 0 spiro atoms. The highest BCUT2D eigenvalue weighted by atomic mass is 16.2. The lowest BCUT2D eigenvalue weighted by Crippen LogP contribution is -2.54. The number of nitrogens with zero attached hydrogens (tertiary/aromatic N) is 4. The van der Waals surface area contributed by atoms with Gasteiger partial charge in [-0.05, 0) is 32.9 Å². The first-order valence-electron chi connectivity index (χ1n) is 8.25. The molecular formula is C16H29N5O. The van der Waals surface area contributed by atoms with Crippen LogP contribution >= 0.6 is 0 Å². The van der Waals surface area contributed by atoms with E-state index < -0.39 is 0 Å². The zero-order valence-corrected chi connectivity index (χ0v) is 14.2. The van der Waals surface area contributed by atoms with Gasteiger partial charge in [0.15, 0.2) is 0 Å². The van der Waals surface area contributed by atoms with Crippen LogP contribution in [-0.4, -0.2) is 70.3 Å². The van der Waals surface area contributed by atoms with E-state index in [9.17, 15) is 4.79 Å². The molecule has 124 valence electrons. The third-order valence-corrected chi connectivity index (χ3v) is 4.26. The average Bonchev–Trinajstić information content (AvgIpc) is 2.91. The van der Waals surface area contributed by atoms with Crippen molar-refractivity contribution in [3.63, 3.8) is 0 Å². The van der Waals surface area contributed by atoms with E-state index >= 15 is 0 Å². The summed E-state index contributed by atoms with van der Waals surface area (Å²) in [5, 5.41) is 7.69. The van der Waals surface area contributed by atoms with E-state index in [0.717, 1.165) is 44.8 Å². The Morgan fingerprint density at radius 3 is 2.55 bits per heavy atom. The first kappa shape index (κ1) is 17.0. The quantitative estimate of drug-likeness (QED) is 0.841. The SMILES string of the molecule is CCN1CCN(C(=O)[C@@H](C)N[C@H](C)Cn2cc(C)cn2)CC1. The van der Waals surface area contributed by atoms with E-state index in [4.69, 9.17) is 0 Å². The minimum absolute atomic E-state index is 0.153. The molecular weight excluding hydrogens is 278 g/mol. The second-order valence-corrected chi connectivity index (χ2v) is 6.29. The van der Waals surface area contributed by atoms with Crippen molar-refractivity contribution in [2.24, 2.45) is 0 Å². The fourth-order valence-electron chi connectivity index (χ4n) is 2.96. The van der Waals surface area contributed by atoms with Gasteiger partial charge in [0, 0.05) is 38.4 Å². The van der Waals surface area contributed by atoms with Gasteiger partial charge in [-0.15, -0.1) is 0 Å². The summed E-state index contributed by atoms with van der Waals surface area (Å²) in [4.78, 5) is 16.9. The molecule has 1 aliphatic rings. The molecule has 1 N–H and O–H groups in total. The van der Waals surface area contributed by atoms with Crippen LogP contribution in [0.15, 0.2) is 12.4 Å². The van der Waals surface area contributed by atoms with E-state index in [1.54, 1.807) is 0 Å². The maximum Gasteiger partial charge on any atom is 0.239 e. The van der Waals surface area contributed by atoms with Gasteiger partial charge in [0.1, 0.15) is 0 Å². The van der Waals surface area contributed by atoms with Crippen LogP contribution in [0.25, 0.3) is 0 Å². The van der Waals surface area contributed by atoms with Crippen molar-refractivity contribution in [1.82, 2.24) is 24.9 Å². The minimum atomic E-state index is -0.153. The van der Waals surface area contributed by atoms with Crippen LogP contribution in [0.1, 0.15) is 26.3 Å². The monoisotopic (exact) mass is 307 g/mol. The van der Waals surface area contributed by atoms with Gasteiger partial charge in [0.05, 0.1) is 18.8 Å². The van der Waals surface area contributed by atoms with E-state index in [0.29, 0.717) is 0 Å². The molecule has 0 radical (unpaired) electrons. The van der Waals surface area contributed by atoms with Crippen LogP contribution in [0.5, 0.6) is 0 Å². The molecule has 1 amide bonds. The van der Waals surface area contributed by atoms with Crippen LogP contribution in [0, 0.1) is 6.92 Å². The fraction of sp³-hybridized carbons (Fsp3) is 0.750. The Balaban J connectivity index is 1.78. The highest BCUT2D eigenvalue weighted by Crippen LogP contribution is 2.05. The highest BCUT2D eigenvalue weighted by molar-refractivity contribution is 5.81. The first-order chi connectivity index (χ1) is 10.5. The first-order valence-corrected chi connectivity index (χ1v) is 8.25. The lowest BCUT2D eigenvalue weighted by atomic mass is 10.2. The van der Waals surface area contributed by atoms with Crippen LogP contribution in [0.3, 0.4) is 0 Å². The Morgan fingerprint density at radius 2 is 2.00 bits per heavy atom. The molecule has 2 heterocycles. The predicted octanol–water partition coefficient (Wildman–Crippen LogP) is 0.722. The Labute approximate surface area is 133 Å². The number of nitrogens with one attached hydrogen (secondary N) is 1. The summed E-state index contributed by atoms with van der Waals surface area (Å²) < 4.78 is 1.92. The largest absolute Gasteiger partial charge is 0.339 e. The smallest absolute Gasteiger partial charge is 0.239 e. The van der Waals surface area contributed by atoms with Gasteiger partial charge in [-0.25, -0.2) is 0 Å². The molecule has 0 aromatic carbocycles. The number of carbonyl (C=O) groups is 1. The van der Waals surface area contributed by atoms with E-state index in [-0.39, 0.29) is 18.0 Å². The Kier molecular flexibility index (Phi) is 5.97. The van der Waals surface area contributed by atoms with Crippen LogP contribution in [-0.2, 0) is 11.3 Å². The lowest BCUT2D eigenvalue weighted by Gasteiger charge is -2.36. The third kappa shape index (κ3) is 4.55. The Hall–Kier alpha value is -1.40. The number of rotatable bonds is 6. The number of hydrogen-bond acceptors (Lipinski definition) is 4. The fourth-order valence-corrected chi connectivity index (χ4v) is 2.96. The minimum Gasteiger partial charge on any atom is -0.339 e. The van der Waals surface area contributed by atoms with Gasteiger partial charge >= 0.3 is 0 Å². The van der Waals surface area contributed by atoms with Crippen molar-refractivity contribution < 1.29 is 4.79 Å². The second-order valence-electron chi connectivity index (χ2n) is 6.29. The molecule has 1 aliphatic heterocycles. The molecule has 0 saturated carbocycles. The number of aryl methyl sites for hydroxylation is 1. The van der Waals surface area contributed by atoms with Crippen LogP contribution < -0.4 is 5.32 Å². The van der Waals surface area contributed by atoms with E-state index in [1.807, 2.05) is 35.8 Å². The zero-order chi connectivity index (χ0) is 16.1. The van der Waals surface area contributed by atoms with Crippen molar-refractivity contribution in [3.8, 4) is 0 Å². The number of carbonyl (C=O) groups excluding carboxylic acids is 1. The van der Waals surface area contributed by atoms with Crippen LogP contribution in [0.4, 0.5) is 0 Å². The molecule has 1 saturated heterocycles.